The van der Waals surface area contributed by atoms with Crippen molar-refractivity contribution < 1.29 is 0 Å². The molecule has 1 saturated heterocycles. The molecule has 1 fully saturated rings. The van der Waals surface area contributed by atoms with E-state index < -0.39 is 0 Å². The lowest BCUT2D eigenvalue weighted by atomic mass is 10.1. The molecule has 2 aromatic carbocycles. The van der Waals surface area contributed by atoms with E-state index >= 15 is 0 Å². The molecule has 0 atom stereocenters. The van der Waals surface area contributed by atoms with E-state index in [0.29, 0.717) is 6.54 Å². The first-order valence-electron chi connectivity index (χ1n) is 10.5. The Hall–Kier alpha value is -2.37. The zero-order valence-corrected chi connectivity index (χ0v) is 17.5. The molecule has 0 radical (unpaired) electrons. The van der Waals surface area contributed by atoms with Crippen LogP contribution in [0.5, 0.6) is 0 Å². The van der Waals surface area contributed by atoms with Crippen LogP contribution in [0.4, 0.5) is 5.82 Å². The van der Waals surface area contributed by atoms with Gasteiger partial charge in [-0.1, -0.05) is 71.8 Å². The van der Waals surface area contributed by atoms with Crippen LogP contribution in [0, 0.1) is 0 Å². The van der Waals surface area contributed by atoms with Crippen molar-refractivity contribution >= 4 is 17.4 Å². The number of hydrogen-bond acceptors (Lipinski definition) is 4. The molecule has 1 aliphatic heterocycles. The average molecular weight is 410 g/mol. The molecule has 6 heteroatoms. The van der Waals surface area contributed by atoms with Gasteiger partial charge in [-0.05, 0) is 43.1 Å². The predicted octanol–water partition coefficient (Wildman–Crippen LogP) is 4.62. The molecule has 0 amide bonds. The summed E-state index contributed by atoms with van der Waals surface area (Å²) < 4.78 is 2.04. The first kappa shape index (κ1) is 19.9. The molecular weight excluding hydrogens is 382 g/mol. The van der Waals surface area contributed by atoms with Gasteiger partial charge in [-0.2, -0.15) is 0 Å². The molecule has 29 heavy (non-hydrogen) atoms. The highest BCUT2D eigenvalue weighted by atomic mass is 35.5. The van der Waals surface area contributed by atoms with E-state index in [9.17, 15) is 0 Å². The lowest BCUT2D eigenvalue weighted by Crippen LogP contribution is -2.32. The van der Waals surface area contributed by atoms with Gasteiger partial charge in [-0.25, -0.2) is 4.68 Å². The smallest absolute Gasteiger partial charge is 0.172 e. The minimum absolute atomic E-state index is 0.639. The molecule has 3 aromatic rings. The SMILES string of the molecule is Clc1ccccc1CNc1nnn(Cc2ccccc2)c1CCN1CCCCC1. The first-order valence-corrected chi connectivity index (χ1v) is 10.8. The molecule has 1 aliphatic rings. The van der Waals surface area contributed by atoms with Crippen molar-refractivity contribution in [3.05, 3.63) is 76.4 Å². The number of rotatable bonds is 8. The summed E-state index contributed by atoms with van der Waals surface area (Å²) in [5.74, 6) is 0.859. The van der Waals surface area contributed by atoms with Crippen LogP contribution in [0.3, 0.4) is 0 Å². The summed E-state index contributed by atoms with van der Waals surface area (Å²) in [6, 6.07) is 18.3. The lowest BCUT2D eigenvalue weighted by molar-refractivity contribution is 0.230. The summed E-state index contributed by atoms with van der Waals surface area (Å²) in [7, 11) is 0. The van der Waals surface area contributed by atoms with Gasteiger partial charge in [0.2, 0.25) is 0 Å². The maximum absolute atomic E-state index is 6.32. The molecule has 1 N–H and O–H groups in total. The van der Waals surface area contributed by atoms with Crippen molar-refractivity contribution in [2.24, 2.45) is 0 Å². The van der Waals surface area contributed by atoms with Crippen molar-refractivity contribution in [1.29, 1.82) is 0 Å². The third-order valence-corrected chi connectivity index (χ3v) is 5.90. The summed E-state index contributed by atoms with van der Waals surface area (Å²) >= 11 is 6.32. The number of piperidine rings is 1. The van der Waals surface area contributed by atoms with E-state index in [0.717, 1.165) is 41.6 Å². The monoisotopic (exact) mass is 409 g/mol. The second-order valence-corrected chi connectivity index (χ2v) is 8.03. The largest absolute Gasteiger partial charge is 0.363 e. The Bertz CT molecular complexity index is 903. The minimum atomic E-state index is 0.639. The van der Waals surface area contributed by atoms with Gasteiger partial charge in [0.25, 0.3) is 0 Å². The first-order chi connectivity index (χ1) is 14.3. The fourth-order valence-corrected chi connectivity index (χ4v) is 4.07. The summed E-state index contributed by atoms with van der Waals surface area (Å²) in [5, 5.41) is 13.2. The molecule has 0 spiro atoms. The van der Waals surface area contributed by atoms with Crippen LogP contribution in [-0.4, -0.2) is 39.5 Å². The second kappa shape index (κ2) is 9.90. The molecule has 0 unspecified atom stereocenters. The van der Waals surface area contributed by atoms with E-state index in [1.165, 1.54) is 37.9 Å². The molecule has 5 nitrogen and oxygen atoms in total. The van der Waals surface area contributed by atoms with Gasteiger partial charge in [0.15, 0.2) is 5.82 Å². The normalized spacial score (nSPS) is 14.8. The Morgan fingerprint density at radius 1 is 0.931 bits per heavy atom. The molecule has 0 aliphatic carbocycles. The van der Waals surface area contributed by atoms with E-state index in [-0.39, 0.29) is 0 Å². The van der Waals surface area contributed by atoms with E-state index in [1.54, 1.807) is 0 Å². The van der Waals surface area contributed by atoms with Crippen LogP contribution < -0.4 is 5.32 Å². The molecule has 2 heterocycles. The van der Waals surface area contributed by atoms with Crippen LogP contribution in [0.25, 0.3) is 0 Å². The Balaban J connectivity index is 1.50. The number of likely N-dealkylation sites (tertiary alicyclic amines) is 1. The molecule has 4 rings (SSSR count). The quantitative estimate of drug-likeness (QED) is 0.589. The van der Waals surface area contributed by atoms with Gasteiger partial charge in [0, 0.05) is 24.5 Å². The number of nitrogens with zero attached hydrogens (tertiary/aromatic N) is 4. The summed E-state index contributed by atoms with van der Waals surface area (Å²) in [4.78, 5) is 2.56. The van der Waals surface area contributed by atoms with Crippen molar-refractivity contribution in [1.82, 2.24) is 19.9 Å². The van der Waals surface area contributed by atoms with Crippen LogP contribution in [-0.2, 0) is 19.5 Å². The van der Waals surface area contributed by atoms with Crippen molar-refractivity contribution in [3.63, 3.8) is 0 Å². The van der Waals surface area contributed by atoms with Gasteiger partial charge in [-0.3, -0.25) is 0 Å². The Morgan fingerprint density at radius 2 is 1.69 bits per heavy atom. The van der Waals surface area contributed by atoms with E-state index in [4.69, 9.17) is 11.6 Å². The van der Waals surface area contributed by atoms with E-state index in [2.05, 4.69) is 44.8 Å². The number of aromatic nitrogens is 3. The standard InChI is InChI=1S/C23H28ClN5/c24-21-12-6-5-11-20(21)17-25-23-22(13-16-28-14-7-2-8-15-28)29(27-26-23)18-19-9-3-1-4-10-19/h1,3-6,9-12,25H,2,7-8,13-18H2. The summed E-state index contributed by atoms with van der Waals surface area (Å²) in [6.07, 6.45) is 4.90. The van der Waals surface area contributed by atoms with Gasteiger partial charge in [0.1, 0.15) is 0 Å². The van der Waals surface area contributed by atoms with Crippen molar-refractivity contribution in [3.8, 4) is 0 Å². The van der Waals surface area contributed by atoms with Crippen molar-refractivity contribution in [2.45, 2.75) is 38.8 Å². The minimum Gasteiger partial charge on any atom is -0.363 e. The fraction of sp³-hybridized carbons (Fsp3) is 0.391. The maximum Gasteiger partial charge on any atom is 0.172 e. The maximum atomic E-state index is 6.32. The number of anilines is 1. The Morgan fingerprint density at radius 3 is 2.48 bits per heavy atom. The van der Waals surface area contributed by atoms with Gasteiger partial charge < -0.3 is 10.2 Å². The van der Waals surface area contributed by atoms with Crippen LogP contribution in [0.2, 0.25) is 5.02 Å². The molecule has 152 valence electrons. The number of hydrogen-bond donors (Lipinski definition) is 1. The van der Waals surface area contributed by atoms with Gasteiger partial charge in [0.05, 0.1) is 12.2 Å². The highest BCUT2D eigenvalue weighted by Gasteiger charge is 2.16. The van der Waals surface area contributed by atoms with Crippen molar-refractivity contribution in [2.75, 3.05) is 25.0 Å². The summed E-state index contributed by atoms with van der Waals surface area (Å²) in [6.45, 7) is 4.81. The fourth-order valence-electron chi connectivity index (χ4n) is 3.87. The highest BCUT2D eigenvalue weighted by Crippen LogP contribution is 2.20. The molecule has 1 aromatic heterocycles. The average Bonchev–Trinajstić information content (AvgIpc) is 3.14. The van der Waals surface area contributed by atoms with Crippen LogP contribution in [0.15, 0.2) is 54.6 Å². The lowest BCUT2D eigenvalue weighted by Gasteiger charge is -2.26. The zero-order valence-electron chi connectivity index (χ0n) is 16.7. The Labute approximate surface area is 177 Å². The number of nitrogens with one attached hydrogen (secondary N) is 1. The third kappa shape index (κ3) is 5.37. The second-order valence-electron chi connectivity index (χ2n) is 7.63. The molecular formula is C23H28ClN5. The molecule has 0 bridgehead atoms. The summed E-state index contributed by atoms with van der Waals surface area (Å²) in [5.41, 5.74) is 3.45. The predicted molar refractivity (Wildman–Crippen MR) is 118 cm³/mol. The number of halogens is 1. The topological polar surface area (TPSA) is 46.0 Å². The van der Waals surface area contributed by atoms with Gasteiger partial charge >= 0.3 is 0 Å². The van der Waals surface area contributed by atoms with Gasteiger partial charge in [-0.15, -0.1) is 5.10 Å². The van der Waals surface area contributed by atoms with Crippen LogP contribution >= 0.6 is 11.6 Å². The van der Waals surface area contributed by atoms with Crippen LogP contribution in [0.1, 0.15) is 36.1 Å². The number of benzene rings is 2. The Kier molecular flexibility index (Phi) is 6.80. The zero-order chi connectivity index (χ0) is 19.9. The molecule has 0 saturated carbocycles. The third-order valence-electron chi connectivity index (χ3n) is 5.53. The highest BCUT2D eigenvalue weighted by molar-refractivity contribution is 6.31. The van der Waals surface area contributed by atoms with E-state index in [1.807, 2.05) is 35.0 Å².